The molecule has 0 heterocycles. The molecule has 0 saturated carbocycles. The standard InChI is InChI=1S/C12H20O2/c1-3-4-5-6-7-8-9-12(14)10-11(2)13/h6-7H,3-5,8-10H2,1-2H3/b7-6+. The predicted octanol–water partition coefficient (Wildman–Crippen LogP) is 3.06. The molecule has 0 aromatic heterocycles. The number of carbonyl (C=O) groups is 2. The molecule has 0 aliphatic rings. The molecule has 0 unspecified atom stereocenters. The average Bonchev–Trinajstić information content (AvgIpc) is 2.10. The van der Waals surface area contributed by atoms with E-state index in [2.05, 4.69) is 13.0 Å². The third-order valence-electron chi connectivity index (χ3n) is 1.93. The summed E-state index contributed by atoms with van der Waals surface area (Å²) in [7, 11) is 0. The zero-order valence-electron chi connectivity index (χ0n) is 9.21. The number of ketones is 2. The van der Waals surface area contributed by atoms with Crippen LogP contribution in [0.3, 0.4) is 0 Å². The molecule has 0 rings (SSSR count). The van der Waals surface area contributed by atoms with E-state index in [0.29, 0.717) is 6.42 Å². The van der Waals surface area contributed by atoms with Gasteiger partial charge in [-0.25, -0.2) is 0 Å². The number of hydrogen-bond donors (Lipinski definition) is 0. The molecule has 80 valence electrons. The van der Waals surface area contributed by atoms with Crippen molar-refractivity contribution in [2.45, 2.75) is 52.4 Å². The predicted molar refractivity (Wildman–Crippen MR) is 58.2 cm³/mol. The molecular weight excluding hydrogens is 176 g/mol. The Morgan fingerprint density at radius 3 is 2.36 bits per heavy atom. The molecule has 0 spiro atoms. The summed E-state index contributed by atoms with van der Waals surface area (Å²) in [6.45, 7) is 3.61. The van der Waals surface area contributed by atoms with Gasteiger partial charge in [0, 0.05) is 6.42 Å². The minimum atomic E-state index is -0.0371. The van der Waals surface area contributed by atoms with Gasteiger partial charge in [0.05, 0.1) is 6.42 Å². The molecule has 0 radical (unpaired) electrons. The Labute approximate surface area is 86.4 Å². The Balaban J connectivity index is 3.39. The van der Waals surface area contributed by atoms with E-state index in [1.54, 1.807) is 0 Å². The molecule has 0 fully saturated rings. The molecule has 0 aliphatic heterocycles. The van der Waals surface area contributed by atoms with E-state index >= 15 is 0 Å². The molecule has 0 bridgehead atoms. The Morgan fingerprint density at radius 1 is 1.14 bits per heavy atom. The second kappa shape index (κ2) is 8.67. The van der Waals surface area contributed by atoms with Gasteiger partial charge in [-0.3, -0.25) is 9.59 Å². The van der Waals surface area contributed by atoms with Gasteiger partial charge in [0.25, 0.3) is 0 Å². The van der Waals surface area contributed by atoms with Crippen molar-refractivity contribution in [3.8, 4) is 0 Å². The second-order valence-electron chi connectivity index (χ2n) is 3.57. The van der Waals surface area contributed by atoms with E-state index in [1.807, 2.05) is 6.08 Å². The van der Waals surface area contributed by atoms with Crippen LogP contribution in [-0.2, 0) is 9.59 Å². The van der Waals surface area contributed by atoms with Crippen molar-refractivity contribution in [3.63, 3.8) is 0 Å². The van der Waals surface area contributed by atoms with Gasteiger partial charge in [0.1, 0.15) is 11.6 Å². The van der Waals surface area contributed by atoms with Crippen molar-refractivity contribution in [2.24, 2.45) is 0 Å². The first-order valence-electron chi connectivity index (χ1n) is 5.33. The first-order valence-corrected chi connectivity index (χ1v) is 5.33. The Morgan fingerprint density at radius 2 is 1.79 bits per heavy atom. The molecule has 0 atom stereocenters. The van der Waals surface area contributed by atoms with Crippen LogP contribution in [0.25, 0.3) is 0 Å². The first-order chi connectivity index (χ1) is 6.66. The number of unbranched alkanes of at least 4 members (excludes halogenated alkanes) is 2. The lowest BCUT2D eigenvalue weighted by Gasteiger charge is -1.94. The monoisotopic (exact) mass is 196 g/mol. The van der Waals surface area contributed by atoms with Crippen LogP contribution >= 0.6 is 0 Å². The van der Waals surface area contributed by atoms with Crippen molar-refractivity contribution in [1.82, 2.24) is 0 Å². The second-order valence-corrected chi connectivity index (χ2v) is 3.57. The summed E-state index contributed by atoms with van der Waals surface area (Å²) in [4.78, 5) is 21.7. The summed E-state index contributed by atoms with van der Waals surface area (Å²) in [6.07, 6.45) is 9.03. The zero-order valence-corrected chi connectivity index (χ0v) is 9.21. The highest BCUT2D eigenvalue weighted by Gasteiger charge is 2.02. The smallest absolute Gasteiger partial charge is 0.140 e. The molecular formula is C12H20O2. The van der Waals surface area contributed by atoms with E-state index in [9.17, 15) is 9.59 Å². The van der Waals surface area contributed by atoms with Crippen LogP contribution < -0.4 is 0 Å². The highest BCUT2D eigenvalue weighted by molar-refractivity contribution is 5.97. The van der Waals surface area contributed by atoms with Crippen LogP contribution in [0.4, 0.5) is 0 Å². The maximum Gasteiger partial charge on any atom is 0.140 e. The molecule has 2 heteroatoms. The number of rotatable bonds is 8. The summed E-state index contributed by atoms with van der Waals surface area (Å²) in [5.41, 5.74) is 0. The van der Waals surface area contributed by atoms with Gasteiger partial charge in [0.2, 0.25) is 0 Å². The topological polar surface area (TPSA) is 34.1 Å². The van der Waals surface area contributed by atoms with Crippen molar-refractivity contribution in [2.75, 3.05) is 0 Å². The number of hydrogen-bond acceptors (Lipinski definition) is 2. The Hall–Kier alpha value is -0.920. The molecule has 2 nitrogen and oxygen atoms in total. The van der Waals surface area contributed by atoms with E-state index in [1.165, 1.54) is 19.8 Å². The maximum absolute atomic E-state index is 11.1. The lowest BCUT2D eigenvalue weighted by atomic mass is 10.1. The van der Waals surface area contributed by atoms with Crippen molar-refractivity contribution in [1.29, 1.82) is 0 Å². The average molecular weight is 196 g/mol. The Kier molecular flexibility index (Phi) is 8.10. The zero-order chi connectivity index (χ0) is 10.8. The van der Waals surface area contributed by atoms with Crippen molar-refractivity contribution < 1.29 is 9.59 Å². The SMILES string of the molecule is CCCC/C=C/CCC(=O)CC(C)=O. The van der Waals surface area contributed by atoms with Crippen molar-refractivity contribution in [3.05, 3.63) is 12.2 Å². The van der Waals surface area contributed by atoms with E-state index < -0.39 is 0 Å². The molecule has 0 aliphatic carbocycles. The lowest BCUT2D eigenvalue weighted by molar-refractivity contribution is -0.125. The van der Waals surface area contributed by atoms with Gasteiger partial charge >= 0.3 is 0 Å². The fraction of sp³-hybridized carbons (Fsp3) is 0.667. The maximum atomic E-state index is 11.1. The molecule has 0 N–H and O–H groups in total. The fourth-order valence-electron chi connectivity index (χ4n) is 1.17. The molecule has 0 aromatic carbocycles. The van der Waals surface area contributed by atoms with Crippen LogP contribution in [0.15, 0.2) is 12.2 Å². The van der Waals surface area contributed by atoms with Gasteiger partial charge in [-0.15, -0.1) is 0 Å². The van der Waals surface area contributed by atoms with E-state index in [-0.39, 0.29) is 18.0 Å². The lowest BCUT2D eigenvalue weighted by Crippen LogP contribution is -2.03. The van der Waals surface area contributed by atoms with Crippen LogP contribution in [0.1, 0.15) is 52.4 Å². The minimum absolute atomic E-state index is 0.0371. The summed E-state index contributed by atoms with van der Waals surface area (Å²) in [5, 5.41) is 0. The molecule has 0 aromatic rings. The highest BCUT2D eigenvalue weighted by atomic mass is 16.1. The number of Topliss-reactive ketones (excluding diaryl/α,β-unsaturated/α-hetero) is 2. The van der Waals surface area contributed by atoms with Crippen molar-refractivity contribution >= 4 is 11.6 Å². The molecule has 14 heavy (non-hydrogen) atoms. The van der Waals surface area contributed by atoms with Crippen LogP contribution in [0.2, 0.25) is 0 Å². The normalized spacial score (nSPS) is 10.7. The van der Waals surface area contributed by atoms with Crippen LogP contribution in [0.5, 0.6) is 0 Å². The fourth-order valence-corrected chi connectivity index (χ4v) is 1.17. The van der Waals surface area contributed by atoms with Gasteiger partial charge in [0.15, 0.2) is 0 Å². The van der Waals surface area contributed by atoms with Gasteiger partial charge < -0.3 is 0 Å². The van der Waals surface area contributed by atoms with Crippen LogP contribution in [-0.4, -0.2) is 11.6 Å². The van der Waals surface area contributed by atoms with Crippen LogP contribution in [0, 0.1) is 0 Å². The summed E-state index contributed by atoms with van der Waals surface area (Å²) >= 11 is 0. The number of allylic oxidation sites excluding steroid dienone is 2. The first kappa shape index (κ1) is 13.1. The minimum Gasteiger partial charge on any atom is -0.300 e. The molecule has 0 amide bonds. The largest absolute Gasteiger partial charge is 0.300 e. The van der Waals surface area contributed by atoms with Gasteiger partial charge in [-0.05, 0) is 19.8 Å². The highest BCUT2D eigenvalue weighted by Crippen LogP contribution is 2.00. The summed E-state index contributed by atoms with van der Waals surface area (Å²) in [6, 6.07) is 0. The van der Waals surface area contributed by atoms with Gasteiger partial charge in [-0.1, -0.05) is 31.9 Å². The van der Waals surface area contributed by atoms with E-state index in [4.69, 9.17) is 0 Å². The summed E-state index contributed by atoms with van der Waals surface area (Å²) in [5.74, 6) is 0.0163. The quantitative estimate of drug-likeness (QED) is 0.339. The Bertz CT molecular complexity index is 204. The third-order valence-corrected chi connectivity index (χ3v) is 1.93. The number of carbonyl (C=O) groups excluding carboxylic acids is 2. The third kappa shape index (κ3) is 9.17. The van der Waals surface area contributed by atoms with Gasteiger partial charge in [-0.2, -0.15) is 0 Å². The van der Waals surface area contributed by atoms with E-state index in [0.717, 1.165) is 12.8 Å². The molecule has 0 saturated heterocycles. The summed E-state index contributed by atoms with van der Waals surface area (Å²) < 4.78 is 0.